The smallest absolute Gasteiger partial charge is 0.418 e. The van der Waals surface area contributed by atoms with Crippen LogP contribution in [0.5, 0.6) is 0 Å². The monoisotopic (exact) mass is 765 g/mol. The predicted octanol–water partition coefficient (Wildman–Crippen LogP) is 9.50. The molecular weight excluding hydrogens is 730 g/mol. The second-order valence-electron chi connectivity index (χ2n) is 9.21. The van der Waals surface area contributed by atoms with Gasteiger partial charge in [-0.15, -0.1) is 23.5 Å². The van der Waals surface area contributed by atoms with E-state index in [2.05, 4.69) is 122 Å². The average molecular weight is 765 g/mol. The predicted molar refractivity (Wildman–Crippen MR) is 160 cm³/mol. The second-order valence-corrected chi connectivity index (χ2v) is 11.8. The molecule has 0 N–H and O–H groups in total. The van der Waals surface area contributed by atoms with Crippen molar-refractivity contribution in [3.63, 3.8) is 0 Å². The van der Waals surface area contributed by atoms with Crippen molar-refractivity contribution in [3.8, 4) is 0 Å². The van der Waals surface area contributed by atoms with E-state index in [4.69, 9.17) is 0 Å². The van der Waals surface area contributed by atoms with Crippen molar-refractivity contribution >= 4 is 30.8 Å². The molecule has 1 aliphatic carbocycles. The zero-order chi connectivity index (χ0) is 27.8. The summed E-state index contributed by atoms with van der Waals surface area (Å²) in [6, 6.07) is 32.5. The van der Waals surface area contributed by atoms with Gasteiger partial charge < -0.3 is 17.3 Å². The quantitative estimate of drug-likeness (QED) is 0.182. The number of thioether (sulfide) groups is 2. The molecule has 1 saturated heterocycles. The molecule has 1 nitrogen and oxygen atoms in total. The minimum Gasteiger partial charge on any atom is -0.418 e. The number of likely N-dealkylation sites (tertiary alicyclic amines) is 1. The van der Waals surface area contributed by atoms with Gasteiger partial charge in [-0.1, -0.05) is 66.7 Å². The third-order valence-electron chi connectivity index (χ3n) is 5.93. The van der Waals surface area contributed by atoms with E-state index in [0.717, 1.165) is 19.6 Å². The fourth-order valence-corrected chi connectivity index (χ4v) is 6.93. The van der Waals surface area contributed by atoms with Crippen LogP contribution in [0.4, 0.5) is 17.3 Å². The molecule has 0 aromatic heterocycles. The first-order valence-electron chi connectivity index (χ1n) is 13.2. The van der Waals surface area contributed by atoms with E-state index in [1.54, 1.807) is 0 Å². The Morgan fingerprint density at radius 1 is 0.575 bits per heavy atom. The summed E-state index contributed by atoms with van der Waals surface area (Å²) in [5, 5.41) is 1.21. The molecule has 1 aliphatic heterocycles. The Hall–Kier alpha value is -1.25. The van der Waals surface area contributed by atoms with Gasteiger partial charge in [-0.05, 0) is 81.2 Å². The van der Waals surface area contributed by atoms with Crippen LogP contribution in [-0.4, -0.2) is 35.7 Å². The van der Waals surface area contributed by atoms with E-state index < -0.39 is 7.25 Å². The summed E-state index contributed by atoms with van der Waals surface area (Å²) in [7, 11) is -6.00. The van der Waals surface area contributed by atoms with Gasteiger partial charge in [0.1, 0.15) is 0 Å². The van der Waals surface area contributed by atoms with Crippen LogP contribution in [-0.2, 0) is 26.7 Å². The SMILES string of the molecule is F[B-](F)(F)F.[CH]1[CH]CC[CH][CH]CC1.[Ir].c1ccc(CN2C[C@@H](Sc3ccccc3)[C@H](Sc3ccccc3)C2)cc1. The van der Waals surface area contributed by atoms with E-state index in [1.807, 2.05) is 23.5 Å². The Labute approximate surface area is 259 Å². The molecular formula is C31H35BF4IrNS2-. The molecule has 2 aliphatic rings. The van der Waals surface area contributed by atoms with Crippen molar-refractivity contribution < 1.29 is 37.4 Å². The molecule has 2 fully saturated rings. The maximum absolute atomic E-state index is 9.75. The molecule has 0 bridgehead atoms. The molecule has 1 saturated carbocycles. The van der Waals surface area contributed by atoms with Gasteiger partial charge in [0, 0.05) is 60.0 Å². The maximum Gasteiger partial charge on any atom is 0.673 e. The number of nitrogens with zero attached hydrogens (tertiary/aromatic N) is 1. The van der Waals surface area contributed by atoms with Crippen molar-refractivity contribution in [2.45, 2.75) is 52.5 Å². The van der Waals surface area contributed by atoms with Crippen LogP contribution in [0.2, 0.25) is 0 Å². The Morgan fingerprint density at radius 3 is 1.25 bits per heavy atom. The fraction of sp³-hybridized carbons (Fsp3) is 0.290. The summed E-state index contributed by atoms with van der Waals surface area (Å²) in [4.78, 5) is 5.35. The summed E-state index contributed by atoms with van der Waals surface area (Å²) >= 11 is 4.06. The summed E-state index contributed by atoms with van der Waals surface area (Å²) in [6.07, 6.45) is 14.0. The summed E-state index contributed by atoms with van der Waals surface area (Å²) < 4.78 is 39.0. The van der Waals surface area contributed by atoms with Crippen LogP contribution in [0.1, 0.15) is 31.2 Å². The van der Waals surface area contributed by atoms with Crippen molar-refractivity contribution in [3.05, 3.63) is 122 Å². The molecule has 0 amide bonds. The summed E-state index contributed by atoms with van der Waals surface area (Å²) in [5.41, 5.74) is 1.40. The topological polar surface area (TPSA) is 3.24 Å². The van der Waals surface area contributed by atoms with Gasteiger partial charge in [0.25, 0.3) is 0 Å². The van der Waals surface area contributed by atoms with Gasteiger partial charge in [-0.3, -0.25) is 4.90 Å². The third kappa shape index (κ3) is 15.7. The first kappa shape index (κ1) is 35.0. The van der Waals surface area contributed by atoms with Crippen molar-refractivity contribution in [2.24, 2.45) is 0 Å². The van der Waals surface area contributed by atoms with E-state index in [0.29, 0.717) is 10.5 Å². The van der Waals surface area contributed by atoms with Crippen LogP contribution >= 0.6 is 23.5 Å². The Kier molecular flexibility index (Phi) is 17.3. The summed E-state index contributed by atoms with van der Waals surface area (Å²) in [6.45, 7) is 3.32. The summed E-state index contributed by atoms with van der Waals surface area (Å²) in [5.74, 6) is 0. The largest absolute Gasteiger partial charge is 0.673 e. The zero-order valence-electron chi connectivity index (χ0n) is 22.3. The van der Waals surface area contributed by atoms with E-state index in [-0.39, 0.29) is 20.1 Å². The Morgan fingerprint density at radius 2 is 0.900 bits per heavy atom. The molecule has 0 unspecified atom stereocenters. The van der Waals surface area contributed by atoms with E-state index in [1.165, 1.54) is 41.0 Å². The number of hydrogen-bond donors (Lipinski definition) is 0. The normalized spacial score (nSPS) is 19.5. The molecule has 5 rings (SSSR count). The minimum absolute atomic E-state index is 0. The van der Waals surface area contributed by atoms with Crippen LogP contribution in [0, 0.1) is 25.7 Å². The fourth-order valence-electron chi connectivity index (χ4n) is 4.22. The number of hydrogen-bond acceptors (Lipinski definition) is 3. The number of benzene rings is 3. The van der Waals surface area contributed by atoms with Crippen LogP contribution in [0.3, 0.4) is 0 Å². The van der Waals surface area contributed by atoms with Gasteiger partial charge in [-0.2, -0.15) is 0 Å². The molecule has 3 aromatic carbocycles. The van der Waals surface area contributed by atoms with Gasteiger partial charge in [-0.25, -0.2) is 0 Å². The van der Waals surface area contributed by atoms with Gasteiger partial charge >= 0.3 is 7.25 Å². The average Bonchev–Trinajstić information content (AvgIpc) is 3.25. The zero-order valence-corrected chi connectivity index (χ0v) is 26.3. The van der Waals surface area contributed by atoms with Crippen molar-refractivity contribution in [2.75, 3.05) is 13.1 Å². The molecule has 2 atom stereocenters. The van der Waals surface area contributed by atoms with Gasteiger partial charge in [0.15, 0.2) is 0 Å². The van der Waals surface area contributed by atoms with Gasteiger partial charge in [0.2, 0.25) is 0 Å². The molecule has 0 spiro atoms. The number of rotatable bonds is 6. The molecule has 217 valence electrons. The Bertz CT molecular complexity index is 952. The van der Waals surface area contributed by atoms with Crippen molar-refractivity contribution in [1.29, 1.82) is 0 Å². The van der Waals surface area contributed by atoms with Crippen LogP contribution in [0.15, 0.2) is 101 Å². The maximum atomic E-state index is 9.75. The minimum atomic E-state index is -6.00. The van der Waals surface area contributed by atoms with E-state index >= 15 is 0 Å². The molecule has 1 heterocycles. The molecule has 5 radical (unpaired) electrons. The Balaban J connectivity index is 0.000000333. The first-order chi connectivity index (χ1) is 18.9. The van der Waals surface area contributed by atoms with E-state index in [9.17, 15) is 17.3 Å². The van der Waals surface area contributed by atoms with Gasteiger partial charge in [0.05, 0.1) is 0 Å². The molecule has 9 heteroatoms. The third-order valence-corrected chi connectivity index (χ3v) is 8.76. The molecule has 40 heavy (non-hydrogen) atoms. The molecule has 3 aromatic rings. The standard InChI is InChI=1S/C23H23NS2.C8H12.BF4.Ir/c1-4-10-19(11-5-1)16-24-17-22(25-20-12-6-2-7-13-20)23(18-24)26-21-14-8-3-9-15-21;1-2-4-6-8-7-5-3-1;2-1(3,4)5;/h1-15,22-23H,16-18H2;1-2,7-8H,3-6H2;;/q;;-1;/t22-,23-;;;/m1.../s1. The second kappa shape index (κ2) is 19.8. The van der Waals surface area contributed by atoms with Crippen molar-refractivity contribution in [1.82, 2.24) is 4.90 Å². The van der Waals surface area contributed by atoms with Crippen LogP contribution in [0.25, 0.3) is 0 Å². The first-order valence-corrected chi connectivity index (χ1v) is 15.0. The van der Waals surface area contributed by atoms with Crippen LogP contribution < -0.4 is 0 Å². The number of halogens is 4.